The molecule has 33 heteroatoms. The molecule has 4 aliphatic rings. The molecular formula is C67H69N15O12S6. The monoisotopic (exact) mass is 1470 g/mol. The number of aliphatic hydroxyl groups excluding tert-OH is 1. The van der Waals surface area contributed by atoms with Gasteiger partial charge in [-0.05, 0) is 68.0 Å². The van der Waals surface area contributed by atoms with Crippen LogP contribution in [0.3, 0.4) is 0 Å². The SMILES string of the molecule is Cc1sc2nc1C(=O)N[C@@H]([C@H](O)c1ccccc1)c1nc(cs1)C(=O)N[C@@H](Cc1ccc(O)cc1)C(=O)N1C[C@H](OC(=O)NCCN3CCOCC3)[C@H](C)[C@H]1c1nc(cs1)-c1nc(cs1)-c1nc(-c3nc(CN[C@H]4CC[C@H](C(=O)O)CC4)cs3)ccc1-c1nc(cs1)C(=O)N[C@H]2CC(N)=O. The Bertz CT molecular complexity index is 4470. The maximum Gasteiger partial charge on any atom is 0.407 e. The van der Waals surface area contributed by atoms with Crippen LogP contribution >= 0.6 is 68.0 Å². The van der Waals surface area contributed by atoms with Gasteiger partial charge in [-0.2, -0.15) is 0 Å². The third kappa shape index (κ3) is 16.0. The Morgan fingerprint density at radius 3 is 2.14 bits per heavy atom. The predicted molar refractivity (Wildman–Crippen MR) is 376 cm³/mol. The highest BCUT2D eigenvalue weighted by Crippen LogP contribution is 2.44. The number of carbonyl (C=O) groups excluding carboxylic acids is 6. The van der Waals surface area contributed by atoms with Crippen LogP contribution in [0.15, 0.2) is 93.6 Å². The van der Waals surface area contributed by atoms with Gasteiger partial charge in [0.25, 0.3) is 17.7 Å². The fourth-order valence-electron chi connectivity index (χ4n) is 12.6. The highest BCUT2D eigenvalue weighted by Gasteiger charge is 2.48. The zero-order valence-electron chi connectivity index (χ0n) is 53.9. The number of aliphatic carboxylic acids is 1. The number of carboxylic acids is 1. The summed E-state index contributed by atoms with van der Waals surface area (Å²) in [5.41, 5.74) is 9.69. The number of morpholine rings is 1. The molecule has 13 rings (SSSR count). The molecule has 3 aliphatic heterocycles. The fourth-order valence-corrected chi connectivity index (χ4v) is 17.9. The maximum absolute atomic E-state index is 15.8. The summed E-state index contributed by atoms with van der Waals surface area (Å²) in [6, 6.07) is 14.0. The van der Waals surface area contributed by atoms with Crippen LogP contribution in [0.5, 0.6) is 5.75 Å². The zero-order chi connectivity index (χ0) is 69.7. The van der Waals surface area contributed by atoms with Crippen molar-refractivity contribution in [2.45, 2.75) is 101 Å². The highest BCUT2D eigenvalue weighted by molar-refractivity contribution is 7.15. The first-order valence-corrected chi connectivity index (χ1v) is 37.6. The van der Waals surface area contributed by atoms with Crippen LogP contribution in [0, 0.1) is 18.8 Å². The number of aromatic hydroxyl groups is 1. The lowest BCUT2D eigenvalue weighted by atomic mass is 9.86. The Hall–Kier alpha value is -8.90. The van der Waals surface area contributed by atoms with E-state index in [0.29, 0.717) is 110 Å². The molecule has 2 saturated heterocycles. The summed E-state index contributed by atoms with van der Waals surface area (Å²) in [6.07, 6.45) is -0.745. The van der Waals surface area contributed by atoms with Crippen LogP contribution in [-0.2, 0) is 36.8 Å². The molecular weight excluding hydrogens is 1400 g/mol. The standard InChI is InChI=1S/C67H69N15O12S6/c1-33-49(94-67(92)69-18-19-81-20-22-93-23-21-81)27-82-54(33)64-78-48(32-99-64)61-75-45(29-97-61)52-41(16-17-42(72-52)60-71-39(28-95-60)26-70-38-12-10-37(11-13-38)66(90)91)59-76-46(30-96-59)56(86)73-43(25-50(68)84)62-80-51(34(2)100-62)58(88)79-53(55(85)36-6-4-3-5-7-36)63-77-47(31-98-63)57(87)74-44(65(82)89)24-35-8-14-40(83)15-9-35/h3-9,14-17,28-33,37-38,43-44,49,53-55,70,83,85H,10-13,18-27H2,1-2H3,(H2,68,84)(H,69,92)(H,73,86)(H,74,87)(H,79,88)(H,90,91)/t33-,37-,38-,43-,44-,49-,53-,54-,55+/m0/s1. The Morgan fingerprint density at radius 2 is 1.38 bits per heavy atom. The van der Waals surface area contributed by atoms with E-state index in [1.54, 1.807) is 59.7 Å². The quantitative estimate of drug-likeness (QED) is 0.0468. The molecule has 6 amide bonds. The minimum atomic E-state index is -1.43. The minimum Gasteiger partial charge on any atom is -0.508 e. The van der Waals surface area contributed by atoms with Gasteiger partial charge in [-0.1, -0.05) is 49.4 Å². The number of pyridine rings is 1. The van der Waals surface area contributed by atoms with Gasteiger partial charge < -0.3 is 62.0 Å². The van der Waals surface area contributed by atoms with E-state index in [0.717, 1.165) is 54.3 Å². The lowest BCUT2D eigenvalue weighted by molar-refractivity contribution is -0.143. The summed E-state index contributed by atoms with van der Waals surface area (Å²) in [5.74, 6) is -5.19. The number of hydrogen-bond acceptors (Lipinski definition) is 26. The van der Waals surface area contributed by atoms with Crippen LogP contribution in [-0.4, -0.2) is 166 Å². The number of benzene rings is 2. The Labute approximate surface area is 596 Å². The molecule has 0 radical (unpaired) electrons. The number of carboxylic acid groups (broad SMARTS) is 1. The van der Waals surface area contributed by atoms with Crippen molar-refractivity contribution in [1.29, 1.82) is 0 Å². The van der Waals surface area contributed by atoms with Crippen molar-refractivity contribution < 1.29 is 58.4 Å². The van der Waals surface area contributed by atoms with Gasteiger partial charge in [-0.25, -0.2) is 39.7 Å². The van der Waals surface area contributed by atoms with E-state index in [1.807, 2.05) is 35.2 Å². The number of phenolic OH excluding ortho intramolecular Hbond substituents is 1. The molecule has 100 heavy (non-hydrogen) atoms. The van der Waals surface area contributed by atoms with E-state index >= 15 is 4.79 Å². The smallest absolute Gasteiger partial charge is 0.407 e. The number of aromatic nitrogens is 7. The lowest BCUT2D eigenvalue weighted by Crippen LogP contribution is -2.50. The summed E-state index contributed by atoms with van der Waals surface area (Å²) < 4.78 is 11.7. The molecule has 10 heterocycles. The van der Waals surface area contributed by atoms with Crippen molar-refractivity contribution in [3.05, 3.63) is 147 Å². The van der Waals surface area contributed by atoms with Crippen LogP contribution in [0.4, 0.5) is 4.79 Å². The van der Waals surface area contributed by atoms with E-state index in [-0.39, 0.29) is 57.8 Å². The third-order valence-electron chi connectivity index (χ3n) is 17.9. The predicted octanol–water partition coefficient (Wildman–Crippen LogP) is 8.09. The average Bonchev–Trinajstić information content (AvgIpc) is 1.61. The summed E-state index contributed by atoms with van der Waals surface area (Å²) in [7, 11) is 0. The van der Waals surface area contributed by atoms with Gasteiger partial charge in [0.1, 0.15) is 94.3 Å². The molecule has 520 valence electrons. The minimum absolute atomic E-state index is 0.00573. The van der Waals surface area contributed by atoms with Crippen LogP contribution in [0.2, 0.25) is 0 Å². The number of aryl methyl sites for hydroxylation is 1. The number of primary amides is 1. The number of hydrogen-bond donors (Lipinski definition) is 9. The van der Waals surface area contributed by atoms with E-state index < -0.39 is 90.3 Å². The van der Waals surface area contributed by atoms with Gasteiger partial charge in [0.15, 0.2) is 0 Å². The molecule has 7 atom stereocenters. The van der Waals surface area contributed by atoms with E-state index in [1.165, 1.54) is 62.9 Å². The summed E-state index contributed by atoms with van der Waals surface area (Å²) in [4.78, 5) is 137. The van der Waals surface area contributed by atoms with Crippen molar-refractivity contribution in [2.75, 3.05) is 45.9 Å². The first-order chi connectivity index (χ1) is 48.4. The Kier molecular flexibility index (Phi) is 21.5. The number of nitrogens with two attached hydrogens (primary N) is 1. The fraction of sp³-hybridized carbons (Fsp3) is 0.373. The first kappa shape index (κ1) is 69.6. The maximum atomic E-state index is 15.8. The molecule has 0 unspecified atom stereocenters. The molecule has 27 nitrogen and oxygen atoms in total. The number of carbonyl (C=O) groups is 7. The van der Waals surface area contributed by atoms with Crippen molar-refractivity contribution in [3.63, 3.8) is 0 Å². The number of thiazole rings is 6. The van der Waals surface area contributed by atoms with Crippen LogP contribution < -0.4 is 32.3 Å². The van der Waals surface area contributed by atoms with Crippen LogP contribution in [0.1, 0.15) is 131 Å². The number of nitrogens with one attached hydrogen (secondary N) is 5. The summed E-state index contributed by atoms with van der Waals surface area (Å²) in [5, 5.41) is 58.1. The van der Waals surface area contributed by atoms with E-state index in [4.69, 9.17) is 45.1 Å². The van der Waals surface area contributed by atoms with Gasteiger partial charge in [0, 0.05) is 88.4 Å². The number of phenols is 1. The molecule has 9 aromatic rings. The normalized spacial score (nSPS) is 21.9. The van der Waals surface area contributed by atoms with Crippen molar-refractivity contribution in [1.82, 2.24) is 71.3 Å². The molecule has 2 aromatic carbocycles. The molecule has 1 saturated carbocycles. The second-order valence-corrected chi connectivity index (χ2v) is 30.3. The topological polar surface area (TPSA) is 382 Å². The molecule has 3 fully saturated rings. The van der Waals surface area contributed by atoms with Gasteiger partial charge in [-0.15, -0.1) is 68.0 Å². The number of rotatable bonds is 15. The third-order valence-corrected chi connectivity index (χ3v) is 23.5. The highest BCUT2D eigenvalue weighted by atomic mass is 32.1. The summed E-state index contributed by atoms with van der Waals surface area (Å²) >= 11 is 7.20. The number of aliphatic hydroxyl groups is 1. The van der Waals surface area contributed by atoms with Gasteiger partial charge in [-0.3, -0.25) is 33.7 Å². The number of amides is 6. The van der Waals surface area contributed by atoms with Gasteiger partial charge >= 0.3 is 12.1 Å². The second-order valence-electron chi connectivity index (χ2n) is 24.7. The average molecular weight is 1470 g/mol. The van der Waals surface area contributed by atoms with E-state index in [9.17, 15) is 44.1 Å². The lowest BCUT2D eigenvalue weighted by Gasteiger charge is -2.29. The zero-order valence-corrected chi connectivity index (χ0v) is 58.8. The number of ether oxygens (including phenoxy) is 2. The molecule has 7 aromatic heterocycles. The second kappa shape index (κ2) is 30.9. The van der Waals surface area contributed by atoms with Crippen LogP contribution in [0.25, 0.3) is 43.4 Å². The molecule has 10 bridgehead atoms. The number of fused-ring (bicyclic) bond motifs is 16. The van der Waals surface area contributed by atoms with E-state index in [2.05, 4.69) is 36.5 Å². The number of nitrogens with zero attached hydrogens (tertiary/aromatic N) is 9. The molecule has 1 aliphatic carbocycles. The molecule has 0 spiro atoms. The Balaban J connectivity index is 0.882. The molecule has 10 N–H and O–H groups in total. The van der Waals surface area contributed by atoms with Gasteiger partial charge in [0.2, 0.25) is 11.8 Å². The van der Waals surface area contributed by atoms with Crippen molar-refractivity contribution in [3.8, 4) is 49.1 Å². The van der Waals surface area contributed by atoms with Crippen molar-refractivity contribution in [2.24, 2.45) is 17.6 Å². The van der Waals surface area contributed by atoms with Gasteiger partial charge in [0.05, 0.1) is 55.6 Å². The Morgan fingerprint density at radius 1 is 0.710 bits per heavy atom. The van der Waals surface area contributed by atoms with Crippen molar-refractivity contribution >= 4 is 110 Å². The number of alkyl carbamates (subject to hydrolysis) is 1. The first-order valence-electron chi connectivity index (χ1n) is 32.4. The largest absolute Gasteiger partial charge is 0.508 e. The summed E-state index contributed by atoms with van der Waals surface area (Å²) in [6.45, 7) is 7.39.